The first-order chi connectivity index (χ1) is 13.0. The fourth-order valence-electron chi connectivity index (χ4n) is 3.12. The number of tetrazole rings is 1. The molecule has 0 bridgehead atoms. The minimum atomic E-state index is -0.211. The van der Waals surface area contributed by atoms with E-state index in [-0.39, 0.29) is 11.4 Å². The Morgan fingerprint density at radius 2 is 1.56 bits per heavy atom. The number of rotatable bonds is 8. The van der Waals surface area contributed by atoms with Crippen LogP contribution in [-0.2, 0) is 25.2 Å². The van der Waals surface area contributed by atoms with Gasteiger partial charge in [0.2, 0.25) is 5.82 Å². The molecule has 0 amide bonds. The molecular formula is C21H27FN5+. The summed E-state index contributed by atoms with van der Waals surface area (Å²) in [4.78, 5) is 1.30. The Hall–Kier alpha value is -2.60. The number of nitrogens with one attached hydrogen (secondary N) is 1. The summed E-state index contributed by atoms with van der Waals surface area (Å²) in [6, 6.07) is 17.1. The third-order valence-corrected chi connectivity index (χ3v) is 5.05. The van der Waals surface area contributed by atoms with Gasteiger partial charge in [0.15, 0.2) is 0 Å². The standard InChI is InChI=1S/C21H26FN5/c1-4-21(2,3)27-20(23-24-25-27)16-26(14-17-8-6-5-7-9-17)15-18-10-12-19(22)13-11-18/h5-13H,4,14-16H2,1-3H3/p+1. The second kappa shape index (κ2) is 8.39. The van der Waals surface area contributed by atoms with E-state index in [4.69, 9.17) is 0 Å². The van der Waals surface area contributed by atoms with Gasteiger partial charge >= 0.3 is 0 Å². The zero-order valence-electron chi connectivity index (χ0n) is 16.2. The highest BCUT2D eigenvalue weighted by Crippen LogP contribution is 2.18. The molecule has 0 spiro atoms. The third kappa shape index (κ3) is 4.98. The first kappa shape index (κ1) is 19.2. The molecule has 0 fully saturated rings. The second-order valence-corrected chi connectivity index (χ2v) is 7.57. The number of halogens is 1. The normalized spacial score (nSPS) is 12.9. The van der Waals surface area contributed by atoms with Crippen molar-refractivity contribution in [2.24, 2.45) is 0 Å². The topological polar surface area (TPSA) is 48.0 Å². The van der Waals surface area contributed by atoms with Crippen molar-refractivity contribution in [3.05, 3.63) is 77.4 Å². The van der Waals surface area contributed by atoms with Crippen LogP contribution in [0.1, 0.15) is 44.1 Å². The monoisotopic (exact) mass is 368 g/mol. The van der Waals surface area contributed by atoms with Crippen LogP contribution in [0.2, 0.25) is 0 Å². The molecule has 0 saturated heterocycles. The number of nitrogens with zero attached hydrogens (tertiary/aromatic N) is 4. The molecule has 5 nitrogen and oxygen atoms in total. The molecule has 0 radical (unpaired) electrons. The summed E-state index contributed by atoms with van der Waals surface area (Å²) in [5.41, 5.74) is 2.21. The van der Waals surface area contributed by atoms with Gasteiger partial charge in [-0.1, -0.05) is 49.4 Å². The van der Waals surface area contributed by atoms with Gasteiger partial charge in [-0.25, -0.2) is 9.07 Å². The molecule has 1 unspecified atom stereocenters. The number of quaternary nitrogens is 1. The maximum absolute atomic E-state index is 13.3. The fraction of sp³-hybridized carbons (Fsp3) is 0.381. The van der Waals surface area contributed by atoms with Crippen LogP contribution in [0.4, 0.5) is 4.39 Å². The van der Waals surface area contributed by atoms with E-state index in [0.29, 0.717) is 6.54 Å². The highest BCUT2D eigenvalue weighted by molar-refractivity contribution is 5.15. The van der Waals surface area contributed by atoms with Crippen LogP contribution in [0.5, 0.6) is 0 Å². The van der Waals surface area contributed by atoms with Gasteiger partial charge in [-0.05, 0) is 42.8 Å². The Labute approximate surface area is 159 Å². The SMILES string of the molecule is CCC(C)(C)n1nnnc1C[NH+](Cc1ccccc1)Cc1ccc(F)cc1. The van der Waals surface area contributed by atoms with Gasteiger partial charge in [-0.2, -0.15) is 0 Å². The first-order valence-corrected chi connectivity index (χ1v) is 9.37. The molecular weight excluding hydrogens is 341 g/mol. The van der Waals surface area contributed by atoms with Crippen molar-refractivity contribution in [1.82, 2.24) is 20.2 Å². The number of aromatic nitrogens is 4. The van der Waals surface area contributed by atoms with E-state index in [2.05, 4.69) is 60.6 Å². The van der Waals surface area contributed by atoms with Crippen LogP contribution in [0.25, 0.3) is 0 Å². The van der Waals surface area contributed by atoms with Gasteiger partial charge in [0.1, 0.15) is 25.5 Å². The fourth-order valence-corrected chi connectivity index (χ4v) is 3.12. The lowest BCUT2D eigenvalue weighted by molar-refractivity contribution is -0.941. The quantitative estimate of drug-likeness (QED) is 0.665. The smallest absolute Gasteiger partial charge is 0.206 e. The zero-order chi connectivity index (χ0) is 19.3. The molecule has 1 aromatic heterocycles. The lowest BCUT2D eigenvalue weighted by Crippen LogP contribution is -3.08. The van der Waals surface area contributed by atoms with Gasteiger partial charge in [-0.15, -0.1) is 5.10 Å². The third-order valence-electron chi connectivity index (χ3n) is 5.05. The van der Waals surface area contributed by atoms with Crippen molar-refractivity contribution in [1.29, 1.82) is 0 Å². The summed E-state index contributed by atoms with van der Waals surface area (Å²) in [5, 5.41) is 12.4. The Kier molecular flexibility index (Phi) is 5.96. The van der Waals surface area contributed by atoms with E-state index < -0.39 is 0 Å². The average molecular weight is 368 g/mol. The molecule has 0 saturated carbocycles. The minimum Gasteiger partial charge on any atom is -0.321 e. The van der Waals surface area contributed by atoms with Gasteiger partial charge in [0.05, 0.1) is 5.54 Å². The van der Waals surface area contributed by atoms with Gasteiger partial charge in [-0.3, -0.25) is 0 Å². The van der Waals surface area contributed by atoms with Crippen molar-refractivity contribution in [2.75, 3.05) is 0 Å². The maximum atomic E-state index is 13.3. The summed E-state index contributed by atoms with van der Waals surface area (Å²) in [7, 11) is 0. The van der Waals surface area contributed by atoms with Crippen molar-refractivity contribution in [3.8, 4) is 0 Å². The largest absolute Gasteiger partial charge is 0.321 e. The predicted octanol–water partition coefficient (Wildman–Crippen LogP) is 2.74. The molecule has 2 aromatic carbocycles. The van der Waals surface area contributed by atoms with Crippen molar-refractivity contribution in [2.45, 2.75) is 52.4 Å². The Balaban J connectivity index is 1.83. The van der Waals surface area contributed by atoms with Crippen LogP contribution >= 0.6 is 0 Å². The van der Waals surface area contributed by atoms with Crippen LogP contribution in [0.3, 0.4) is 0 Å². The van der Waals surface area contributed by atoms with Crippen LogP contribution in [0, 0.1) is 5.82 Å². The second-order valence-electron chi connectivity index (χ2n) is 7.57. The molecule has 3 rings (SSSR count). The Morgan fingerprint density at radius 3 is 2.19 bits per heavy atom. The highest BCUT2D eigenvalue weighted by atomic mass is 19.1. The average Bonchev–Trinajstić information content (AvgIpc) is 3.13. The van der Waals surface area contributed by atoms with E-state index >= 15 is 0 Å². The summed E-state index contributed by atoms with van der Waals surface area (Å²) in [6.07, 6.45) is 0.941. The summed E-state index contributed by atoms with van der Waals surface area (Å²) in [6.45, 7) is 8.74. The van der Waals surface area contributed by atoms with Crippen LogP contribution < -0.4 is 4.90 Å². The minimum absolute atomic E-state index is 0.132. The van der Waals surface area contributed by atoms with Crippen molar-refractivity contribution < 1.29 is 9.29 Å². The van der Waals surface area contributed by atoms with Gasteiger partial charge in [0.25, 0.3) is 0 Å². The maximum Gasteiger partial charge on any atom is 0.206 e. The van der Waals surface area contributed by atoms with Crippen molar-refractivity contribution in [3.63, 3.8) is 0 Å². The van der Waals surface area contributed by atoms with Crippen molar-refractivity contribution >= 4 is 0 Å². The Morgan fingerprint density at radius 1 is 0.926 bits per heavy atom. The van der Waals surface area contributed by atoms with Crippen LogP contribution in [0.15, 0.2) is 54.6 Å². The summed E-state index contributed by atoms with van der Waals surface area (Å²) >= 11 is 0. The molecule has 1 heterocycles. The summed E-state index contributed by atoms with van der Waals surface area (Å²) < 4.78 is 15.2. The molecule has 27 heavy (non-hydrogen) atoms. The molecule has 0 aliphatic rings. The molecule has 0 aliphatic carbocycles. The molecule has 142 valence electrons. The first-order valence-electron chi connectivity index (χ1n) is 9.37. The molecule has 6 heteroatoms. The number of benzene rings is 2. The zero-order valence-corrected chi connectivity index (χ0v) is 16.2. The van der Waals surface area contributed by atoms with Gasteiger partial charge in [0, 0.05) is 11.1 Å². The van der Waals surface area contributed by atoms with E-state index in [1.54, 1.807) is 0 Å². The van der Waals surface area contributed by atoms with E-state index in [1.807, 2.05) is 22.9 Å². The lowest BCUT2D eigenvalue weighted by atomic mass is 10.0. The number of hydrogen-bond donors (Lipinski definition) is 1. The highest BCUT2D eigenvalue weighted by Gasteiger charge is 2.26. The van der Waals surface area contributed by atoms with E-state index in [9.17, 15) is 4.39 Å². The Bertz CT molecular complexity index is 843. The predicted molar refractivity (Wildman–Crippen MR) is 102 cm³/mol. The molecule has 3 aromatic rings. The van der Waals surface area contributed by atoms with E-state index in [0.717, 1.165) is 30.9 Å². The van der Waals surface area contributed by atoms with E-state index in [1.165, 1.54) is 22.6 Å². The lowest BCUT2D eigenvalue weighted by Gasteiger charge is -2.25. The number of hydrogen-bond acceptors (Lipinski definition) is 3. The molecule has 1 N–H and O–H groups in total. The molecule has 1 atom stereocenters. The molecule has 0 aliphatic heterocycles. The van der Waals surface area contributed by atoms with Crippen LogP contribution in [-0.4, -0.2) is 20.2 Å². The summed E-state index contributed by atoms with van der Waals surface area (Å²) in [5.74, 6) is 0.659. The van der Waals surface area contributed by atoms with Gasteiger partial charge < -0.3 is 4.90 Å².